The second-order valence-corrected chi connectivity index (χ2v) is 7.39. The summed E-state index contributed by atoms with van der Waals surface area (Å²) in [6.07, 6.45) is -0.133. The van der Waals surface area contributed by atoms with Crippen LogP contribution in [-0.4, -0.2) is 52.5 Å². The summed E-state index contributed by atoms with van der Waals surface area (Å²) in [6, 6.07) is 0.0902. The van der Waals surface area contributed by atoms with Crippen LogP contribution in [0.3, 0.4) is 0 Å². The standard InChI is InChI=1S/C15H17ClFN5OS/c1-3-24-15-19-11-9-13(21-15)22-5-4-18-6-8(22)7(2)23-14(9)20-12(16)10(11)17/h7-8,18H,3-6H2,1-2H3. The van der Waals surface area contributed by atoms with Crippen LogP contribution in [0.4, 0.5) is 10.2 Å². The van der Waals surface area contributed by atoms with Crippen LogP contribution >= 0.6 is 23.4 Å². The van der Waals surface area contributed by atoms with Crippen LogP contribution in [-0.2, 0) is 0 Å². The van der Waals surface area contributed by atoms with Crippen molar-refractivity contribution in [1.29, 1.82) is 0 Å². The van der Waals surface area contributed by atoms with E-state index >= 15 is 0 Å². The molecule has 0 aliphatic carbocycles. The van der Waals surface area contributed by atoms with Crippen molar-refractivity contribution in [2.75, 3.05) is 30.3 Å². The van der Waals surface area contributed by atoms with Crippen LogP contribution in [0.15, 0.2) is 5.16 Å². The molecule has 2 atom stereocenters. The smallest absolute Gasteiger partial charge is 0.228 e. The Kier molecular flexibility index (Phi) is 4.14. The van der Waals surface area contributed by atoms with E-state index in [1.165, 1.54) is 11.8 Å². The van der Waals surface area contributed by atoms with E-state index in [4.69, 9.17) is 21.3 Å². The van der Waals surface area contributed by atoms with Crippen molar-refractivity contribution in [3.05, 3.63) is 11.0 Å². The molecule has 2 unspecified atom stereocenters. The number of piperazine rings is 1. The molecule has 1 N–H and O–H groups in total. The van der Waals surface area contributed by atoms with E-state index in [9.17, 15) is 4.39 Å². The van der Waals surface area contributed by atoms with Crippen LogP contribution in [0.25, 0.3) is 10.9 Å². The summed E-state index contributed by atoms with van der Waals surface area (Å²) in [6.45, 7) is 6.37. The Morgan fingerprint density at radius 1 is 1.42 bits per heavy atom. The van der Waals surface area contributed by atoms with Crippen molar-refractivity contribution >= 4 is 40.1 Å². The highest BCUT2D eigenvalue weighted by Crippen LogP contribution is 2.40. The van der Waals surface area contributed by atoms with Gasteiger partial charge in [0.2, 0.25) is 5.88 Å². The molecule has 2 aliphatic heterocycles. The summed E-state index contributed by atoms with van der Waals surface area (Å²) < 4.78 is 20.6. The molecule has 24 heavy (non-hydrogen) atoms. The zero-order valence-electron chi connectivity index (χ0n) is 13.3. The fourth-order valence-electron chi connectivity index (χ4n) is 3.23. The average Bonchev–Trinajstić information content (AvgIpc) is 2.69. The largest absolute Gasteiger partial charge is 0.472 e. The lowest BCUT2D eigenvalue weighted by molar-refractivity contribution is 0.174. The Morgan fingerprint density at radius 3 is 3.04 bits per heavy atom. The van der Waals surface area contributed by atoms with Crippen molar-refractivity contribution in [2.45, 2.75) is 31.1 Å². The molecule has 6 nitrogen and oxygen atoms in total. The molecule has 0 saturated carbocycles. The number of thioether (sulfide) groups is 1. The van der Waals surface area contributed by atoms with E-state index in [2.05, 4.69) is 20.2 Å². The van der Waals surface area contributed by atoms with E-state index < -0.39 is 5.82 Å². The second kappa shape index (κ2) is 6.16. The monoisotopic (exact) mass is 369 g/mol. The highest BCUT2D eigenvalue weighted by Gasteiger charge is 2.36. The number of hydrogen-bond donors (Lipinski definition) is 1. The first-order chi connectivity index (χ1) is 11.6. The van der Waals surface area contributed by atoms with Crippen molar-refractivity contribution < 1.29 is 9.13 Å². The summed E-state index contributed by atoms with van der Waals surface area (Å²) in [4.78, 5) is 15.3. The first-order valence-electron chi connectivity index (χ1n) is 7.93. The lowest BCUT2D eigenvalue weighted by Gasteiger charge is -2.38. The fourth-order valence-corrected chi connectivity index (χ4v) is 3.96. The third-order valence-corrected chi connectivity index (χ3v) is 5.32. The summed E-state index contributed by atoms with van der Waals surface area (Å²) in [5.41, 5.74) is 0.178. The normalized spacial score (nSPS) is 22.9. The van der Waals surface area contributed by atoms with E-state index in [0.717, 1.165) is 25.4 Å². The van der Waals surface area contributed by atoms with Crippen LogP contribution in [0.1, 0.15) is 13.8 Å². The number of pyridine rings is 1. The van der Waals surface area contributed by atoms with Gasteiger partial charge in [-0.3, -0.25) is 0 Å². The summed E-state index contributed by atoms with van der Waals surface area (Å²) in [7, 11) is 0. The molecule has 0 amide bonds. The Labute approximate surface area is 148 Å². The molecule has 0 spiro atoms. The molecule has 0 aromatic carbocycles. The van der Waals surface area contributed by atoms with Crippen LogP contribution in [0, 0.1) is 5.82 Å². The van der Waals surface area contributed by atoms with Crippen LogP contribution < -0.4 is 15.0 Å². The minimum atomic E-state index is -0.623. The van der Waals surface area contributed by atoms with E-state index in [0.29, 0.717) is 22.2 Å². The number of nitrogens with zero attached hydrogens (tertiary/aromatic N) is 4. The number of anilines is 1. The van der Waals surface area contributed by atoms with Gasteiger partial charge >= 0.3 is 0 Å². The van der Waals surface area contributed by atoms with Crippen molar-refractivity contribution in [2.24, 2.45) is 0 Å². The van der Waals surface area contributed by atoms with E-state index in [-0.39, 0.29) is 22.8 Å². The van der Waals surface area contributed by atoms with Gasteiger partial charge in [0.1, 0.15) is 22.8 Å². The molecule has 2 aromatic heterocycles. The van der Waals surface area contributed by atoms with Gasteiger partial charge in [0.15, 0.2) is 16.1 Å². The molecule has 2 aliphatic rings. The molecule has 0 bridgehead atoms. The van der Waals surface area contributed by atoms with Crippen molar-refractivity contribution in [1.82, 2.24) is 20.3 Å². The van der Waals surface area contributed by atoms with Crippen LogP contribution in [0.5, 0.6) is 5.88 Å². The van der Waals surface area contributed by atoms with Gasteiger partial charge < -0.3 is 15.0 Å². The number of fused-ring (bicyclic) bond motifs is 2. The van der Waals surface area contributed by atoms with Gasteiger partial charge in [-0.2, -0.15) is 4.98 Å². The van der Waals surface area contributed by atoms with E-state index in [1.54, 1.807) is 0 Å². The van der Waals surface area contributed by atoms with Gasteiger partial charge in [-0.1, -0.05) is 30.3 Å². The van der Waals surface area contributed by atoms with Gasteiger partial charge in [-0.15, -0.1) is 0 Å². The minimum Gasteiger partial charge on any atom is -0.472 e. The Bertz CT molecular complexity index is 807. The van der Waals surface area contributed by atoms with Crippen LogP contribution in [0.2, 0.25) is 5.15 Å². The molecule has 1 fully saturated rings. The molecule has 0 radical (unpaired) electrons. The summed E-state index contributed by atoms with van der Waals surface area (Å²) in [5, 5.41) is 4.20. The number of halogens is 2. The molecule has 128 valence electrons. The van der Waals surface area contributed by atoms with Crippen molar-refractivity contribution in [3.63, 3.8) is 0 Å². The first kappa shape index (κ1) is 16.1. The zero-order chi connectivity index (χ0) is 16.8. The van der Waals surface area contributed by atoms with Gasteiger partial charge in [-0.05, 0) is 12.7 Å². The number of hydrogen-bond acceptors (Lipinski definition) is 7. The molecular weight excluding hydrogens is 353 g/mol. The third kappa shape index (κ3) is 2.48. The Balaban J connectivity index is 2.03. The maximum atomic E-state index is 14.6. The molecule has 9 heteroatoms. The highest BCUT2D eigenvalue weighted by molar-refractivity contribution is 7.99. The number of ether oxygens (including phenoxy) is 1. The third-order valence-electron chi connectivity index (χ3n) is 4.34. The number of rotatable bonds is 2. The van der Waals surface area contributed by atoms with Gasteiger partial charge in [-0.25, -0.2) is 14.4 Å². The number of nitrogens with one attached hydrogen (secondary N) is 1. The molecule has 2 aromatic rings. The topological polar surface area (TPSA) is 63.2 Å². The lowest BCUT2D eigenvalue weighted by Crippen LogP contribution is -2.56. The average molecular weight is 370 g/mol. The molecule has 1 saturated heterocycles. The zero-order valence-corrected chi connectivity index (χ0v) is 14.9. The molecule has 4 heterocycles. The summed E-state index contributed by atoms with van der Waals surface area (Å²) >= 11 is 7.45. The summed E-state index contributed by atoms with van der Waals surface area (Å²) in [5.74, 6) is 1.17. The van der Waals surface area contributed by atoms with Gasteiger partial charge in [0.25, 0.3) is 0 Å². The first-order valence-corrected chi connectivity index (χ1v) is 9.30. The Hall–Kier alpha value is -1.38. The maximum absolute atomic E-state index is 14.6. The van der Waals surface area contributed by atoms with Gasteiger partial charge in [0.05, 0.1) is 6.04 Å². The SMILES string of the molecule is CCSc1nc2c3c(nc(Cl)c(F)c3n1)OC(C)C1CNCCN21. The highest BCUT2D eigenvalue weighted by atomic mass is 35.5. The predicted octanol–water partition coefficient (Wildman–Crippen LogP) is 2.49. The number of aromatic nitrogens is 3. The Morgan fingerprint density at radius 2 is 2.25 bits per heavy atom. The molecular formula is C15H17ClFN5OS. The fraction of sp³-hybridized carbons (Fsp3) is 0.533. The van der Waals surface area contributed by atoms with Gasteiger partial charge in [0, 0.05) is 19.6 Å². The quantitative estimate of drug-likeness (QED) is 0.495. The van der Waals surface area contributed by atoms with Crippen molar-refractivity contribution in [3.8, 4) is 5.88 Å². The molecule has 4 rings (SSSR count). The van der Waals surface area contributed by atoms with E-state index in [1.807, 2.05) is 13.8 Å². The minimum absolute atomic E-state index is 0.0902. The predicted molar refractivity (Wildman–Crippen MR) is 92.8 cm³/mol. The maximum Gasteiger partial charge on any atom is 0.228 e. The second-order valence-electron chi connectivity index (χ2n) is 5.80. The lowest BCUT2D eigenvalue weighted by atomic mass is 10.1.